The fourth-order valence-corrected chi connectivity index (χ4v) is 2.26. The number of benzene rings is 1. The van der Waals surface area contributed by atoms with Crippen LogP contribution in [0.3, 0.4) is 0 Å². The number of carbonyl (C=O) groups is 1. The van der Waals surface area contributed by atoms with E-state index in [2.05, 4.69) is 15.5 Å². The summed E-state index contributed by atoms with van der Waals surface area (Å²) in [4.78, 5) is 17.7. The van der Waals surface area contributed by atoms with Gasteiger partial charge in [-0.1, -0.05) is 17.3 Å². The normalized spacial score (nSPS) is 14.7. The molecule has 3 rings (SSSR count). The van der Waals surface area contributed by atoms with Gasteiger partial charge in [-0.25, -0.2) is 9.18 Å². The third kappa shape index (κ3) is 3.84. The van der Waals surface area contributed by atoms with Crippen molar-refractivity contribution in [1.82, 2.24) is 20.4 Å². The van der Waals surface area contributed by atoms with Crippen molar-refractivity contribution >= 4 is 6.03 Å². The molecule has 2 aromatic rings. The SMILES string of the molecule is O=C(NCCc1nc(-c2ccccc2F)no1)N1CCOCC1. The Morgan fingerprint density at radius 3 is 2.87 bits per heavy atom. The summed E-state index contributed by atoms with van der Waals surface area (Å²) >= 11 is 0. The zero-order chi connectivity index (χ0) is 16.1. The van der Waals surface area contributed by atoms with Crippen LogP contribution < -0.4 is 5.32 Å². The number of hydrogen-bond donors (Lipinski definition) is 1. The number of carbonyl (C=O) groups excluding carboxylic acids is 1. The second kappa shape index (κ2) is 7.19. The lowest BCUT2D eigenvalue weighted by Crippen LogP contribution is -2.46. The van der Waals surface area contributed by atoms with Gasteiger partial charge < -0.3 is 19.5 Å². The predicted molar refractivity (Wildman–Crippen MR) is 79.2 cm³/mol. The topological polar surface area (TPSA) is 80.5 Å². The third-order valence-corrected chi connectivity index (χ3v) is 3.50. The van der Waals surface area contributed by atoms with Gasteiger partial charge in [0.1, 0.15) is 5.82 Å². The first-order chi connectivity index (χ1) is 11.2. The van der Waals surface area contributed by atoms with E-state index in [1.165, 1.54) is 6.07 Å². The minimum atomic E-state index is -0.402. The highest BCUT2D eigenvalue weighted by molar-refractivity contribution is 5.74. The van der Waals surface area contributed by atoms with Gasteiger partial charge in [0.25, 0.3) is 0 Å². The van der Waals surface area contributed by atoms with Gasteiger partial charge >= 0.3 is 6.03 Å². The van der Waals surface area contributed by atoms with E-state index in [4.69, 9.17) is 9.26 Å². The van der Waals surface area contributed by atoms with Crippen LogP contribution >= 0.6 is 0 Å². The number of amides is 2. The van der Waals surface area contributed by atoms with Crippen LogP contribution in [0.25, 0.3) is 11.4 Å². The molecule has 23 heavy (non-hydrogen) atoms. The molecule has 7 nitrogen and oxygen atoms in total. The number of urea groups is 1. The lowest BCUT2D eigenvalue weighted by molar-refractivity contribution is 0.0532. The third-order valence-electron chi connectivity index (χ3n) is 3.50. The molecule has 1 aromatic carbocycles. The van der Waals surface area contributed by atoms with Crippen LogP contribution in [-0.2, 0) is 11.2 Å². The molecule has 2 amide bonds. The molecule has 0 unspecified atom stereocenters. The average molecular weight is 320 g/mol. The quantitative estimate of drug-likeness (QED) is 0.922. The Bertz CT molecular complexity index is 670. The minimum Gasteiger partial charge on any atom is -0.378 e. The van der Waals surface area contributed by atoms with Crippen LogP contribution in [-0.4, -0.2) is 53.9 Å². The second-order valence-corrected chi connectivity index (χ2v) is 5.07. The highest BCUT2D eigenvalue weighted by Gasteiger charge is 2.17. The Labute approximate surface area is 132 Å². The molecule has 1 aliphatic rings. The standard InChI is InChI=1S/C15H17FN4O3/c16-12-4-2-1-3-11(12)14-18-13(23-19-14)5-6-17-15(21)20-7-9-22-10-8-20/h1-4H,5-10H2,(H,17,21). The molecule has 1 aromatic heterocycles. The van der Waals surface area contributed by atoms with Crippen LogP contribution in [0.5, 0.6) is 0 Å². The maximum absolute atomic E-state index is 13.7. The number of nitrogens with one attached hydrogen (secondary N) is 1. The predicted octanol–water partition coefficient (Wildman–Crippen LogP) is 1.46. The zero-order valence-corrected chi connectivity index (χ0v) is 12.5. The Morgan fingerprint density at radius 2 is 2.09 bits per heavy atom. The average Bonchev–Trinajstić information content (AvgIpc) is 3.04. The summed E-state index contributed by atoms with van der Waals surface area (Å²) in [7, 11) is 0. The van der Waals surface area contributed by atoms with Crippen molar-refractivity contribution in [1.29, 1.82) is 0 Å². The number of aromatic nitrogens is 2. The van der Waals surface area contributed by atoms with Crippen molar-refractivity contribution in [2.75, 3.05) is 32.8 Å². The molecule has 0 atom stereocenters. The van der Waals surface area contributed by atoms with Crippen LogP contribution in [0.15, 0.2) is 28.8 Å². The van der Waals surface area contributed by atoms with E-state index in [0.29, 0.717) is 50.7 Å². The van der Waals surface area contributed by atoms with E-state index in [-0.39, 0.29) is 11.9 Å². The van der Waals surface area contributed by atoms with Crippen molar-refractivity contribution in [3.05, 3.63) is 36.0 Å². The van der Waals surface area contributed by atoms with Gasteiger partial charge in [0, 0.05) is 26.1 Å². The highest BCUT2D eigenvalue weighted by atomic mass is 19.1. The number of rotatable bonds is 4. The van der Waals surface area contributed by atoms with Crippen LogP contribution in [0.1, 0.15) is 5.89 Å². The van der Waals surface area contributed by atoms with E-state index in [1.807, 2.05) is 0 Å². The van der Waals surface area contributed by atoms with E-state index >= 15 is 0 Å². The largest absolute Gasteiger partial charge is 0.378 e. The fraction of sp³-hybridized carbons (Fsp3) is 0.400. The maximum atomic E-state index is 13.7. The summed E-state index contributed by atoms with van der Waals surface area (Å²) in [5.41, 5.74) is 0.292. The smallest absolute Gasteiger partial charge is 0.317 e. The Balaban J connectivity index is 1.51. The van der Waals surface area contributed by atoms with Crippen molar-refractivity contribution in [2.45, 2.75) is 6.42 Å². The minimum absolute atomic E-state index is 0.137. The molecular formula is C15H17FN4O3. The van der Waals surface area contributed by atoms with Crippen molar-refractivity contribution in [3.63, 3.8) is 0 Å². The number of hydrogen-bond acceptors (Lipinski definition) is 5. The number of halogens is 1. The zero-order valence-electron chi connectivity index (χ0n) is 12.5. The summed E-state index contributed by atoms with van der Waals surface area (Å²) in [6.45, 7) is 2.66. The molecule has 0 aliphatic carbocycles. The molecule has 1 aliphatic heterocycles. The van der Waals surface area contributed by atoms with Gasteiger partial charge in [-0.2, -0.15) is 4.98 Å². The van der Waals surface area contributed by atoms with Crippen molar-refractivity contribution < 1.29 is 18.4 Å². The molecule has 1 saturated heterocycles. The molecule has 122 valence electrons. The Kier molecular flexibility index (Phi) is 4.82. The van der Waals surface area contributed by atoms with Gasteiger partial charge in [0.15, 0.2) is 0 Å². The summed E-state index contributed by atoms with van der Waals surface area (Å²) in [6, 6.07) is 6.10. The van der Waals surface area contributed by atoms with E-state index in [1.54, 1.807) is 23.1 Å². The monoisotopic (exact) mass is 320 g/mol. The number of ether oxygens (including phenoxy) is 1. The van der Waals surface area contributed by atoms with Crippen LogP contribution in [0.2, 0.25) is 0 Å². The van der Waals surface area contributed by atoms with Gasteiger partial charge in [-0.3, -0.25) is 0 Å². The highest BCUT2D eigenvalue weighted by Crippen LogP contribution is 2.19. The van der Waals surface area contributed by atoms with E-state index < -0.39 is 5.82 Å². The van der Waals surface area contributed by atoms with E-state index in [9.17, 15) is 9.18 Å². The first-order valence-electron chi connectivity index (χ1n) is 7.42. The molecule has 0 bridgehead atoms. The van der Waals surface area contributed by atoms with Gasteiger partial charge in [-0.05, 0) is 12.1 Å². The van der Waals surface area contributed by atoms with Gasteiger partial charge in [0.05, 0.1) is 18.8 Å². The molecule has 2 heterocycles. The summed E-state index contributed by atoms with van der Waals surface area (Å²) < 4.78 is 23.9. The first kappa shape index (κ1) is 15.4. The molecule has 1 fully saturated rings. The first-order valence-corrected chi connectivity index (χ1v) is 7.42. The second-order valence-electron chi connectivity index (χ2n) is 5.07. The lowest BCUT2D eigenvalue weighted by Gasteiger charge is -2.26. The molecule has 0 spiro atoms. The molecular weight excluding hydrogens is 303 g/mol. The Morgan fingerprint density at radius 1 is 1.30 bits per heavy atom. The van der Waals surface area contributed by atoms with Crippen LogP contribution in [0.4, 0.5) is 9.18 Å². The maximum Gasteiger partial charge on any atom is 0.317 e. The van der Waals surface area contributed by atoms with E-state index in [0.717, 1.165) is 0 Å². The molecule has 0 radical (unpaired) electrons. The Hall–Kier alpha value is -2.48. The number of morpholine rings is 1. The van der Waals surface area contributed by atoms with Crippen molar-refractivity contribution in [2.24, 2.45) is 0 Å². The molecule has 1 N–H and O–H groups in total. The van der Waals surface area contributed by atoms with Gasteiger partial charge in [0.2, 0.25) is 11.7 Å². The summed E-state index contributed by atoms with van der Waals surface area (Å²) in [5, 5.41) is 6.56. The lowest BCUT2D eigenvalue weighted by atomic mass is 10.2. The molecule has 8 heteroatoms. The summed E-state index contributed by atoms with van der Waals surface area (Å²) in [6.07, 6.45) is 0.386. The van der Waals surface area contributed by atoms with Crippen molar-refractivity contribution in [3.8, 4) is 11.4 Å². The summed E-state index contributed by atoms with van der Waals surface area (Å²) in [5.74, 6) is 0.156. The fourth-order valence-electron chi connectivity index (χ4n) is 2.26. The van der Waals surface area contributed by atoms with Crippen LogP contribution in [0, 0.1) is 5.82 Å². The van der Waals surface area contributed by atoms with Gasteiger partial charge in [-0.15, -0.1) is 0 Å². The number of nitrogens with zero attached hydrogens (tertiary/aromatic N) is 3. The molecule has 0 saturated carbocycles.